The number of nitrogens with one attached hydrogen (secondary N) is 1. The van der Waals surface area contributed by atoms with E-state index >= 15 is 0 Å². The summed E-state index contributed by atoms with van der Waals surface area (Å²) in [6, 6.07) is 19.6. The number of para-hydroxylation sites is 2. The third kappa shape index (κ3) is 2.79. The van der Waals surface area contributed by atoms with Gasteiger partial charge in [-0.15, -0.1) is 11.3 Å². The van der Waals surface area contributed by atoms with E-state index in [4.69, 9.17) is 16.6 Å². The maximum absolute atomic E-state index is 6.26. The SMILES string of the molecule is Clc1ccccc1Nc1nc(-c2cccs2)nc2ccccc12. The Morgan fingerprint density at radius 2 is 1.70 bits per heavy atom. The summed E-state index contributed by atoms with van der Waals surface area (Å²) in [5, 5.41) is 6.99. The number of rotatable bonds is 3. The fraction of sp³-hybridized carbons (Fsp3) is 0. The van der Waals surface area contributed by atoms with Crippen LogP contribution in [0.5, 0.6) is 0 Å². The fourth-order valence-corrected chi connectivity index (χ4v) is 3.22. The molecule has 2 heterocycles. The van der Waals surface area contributed by atoms with Crippen molar-refractivity contribution in [1.29, 1.82) is 0 Å². The van der Waals surface area contributed by atoms with Gasteiger partial charge in [0.1, 0.15) is 5.82 Å². The van der Waals surface area contributed by atoms with Gasteiger partial charge >= 0.3 is 0 Å². The lowest BCUT2D eigenvalue weighted by Gasteiger charge is -2.11. The zero-order valence-electron chi connectivity index (χ0n) is 12.0. The van der Waals surface area contributed by atoms with Crippen LogP contribution >= 0.6 is 22.9 Å². The van der Waals surface area contributed by atoms with E-state index in [1.54, 1.807) is 11.3 Å². The lowest BCUT2D eigenvalue weighted by atomic mass is 10.2. The third-order valence-electron chi connectivity index (χ3n) is 3.47. The molecule has 0 atom stereocenters. The predicted molar refractivity (Wildman–Crippen MR) is 97.6 cm³/mol. The van der Waals surface area contributed by atoms with Crippen LogP contribution in [0, 0.1) is 0 Å². The van der Waals surface area contributed by atoms with Crippen molar-refractivity contribution in [3.63, 3.8) is 0 Å². The molecule has 0 unspecified atom stereocenters. The highest BCUT2D eigenvalue weighted by atomic mass is 35.5. The van der Waals surface area contributed by atoms with E-state index in [1.807, 2.05) is 66.0 Å². The van der Waals surface area contributed by atoms with Gasteiger partial charge in [-0.1, -0.05) is 41.9 Å². The highest BCUT2D eigenvalue weighted by molar-refractivity contribution is 7.13. The molecular formula is C18H12ClN3S. The van der Waals surface area contributed by atoms with Gasteiger partial charge in [0.05, 0.1) is 21.1 Å². The van der Waals surface area contributed by atoms with Crippen molar-refractivity contribution in [2.24, 2.45) is 0 Å². The average Bonchev–Trinajstić information content (AvgIpc) is 3.11. The molecule has 0 saturated heterocycles. The summed E-state index contributed by atoms with van der Waals surface area (Å²) < 4.78 is 0. The second-order valence-corrected chi connectivity index (χ2v) is 6.35. The summed E-state index contributed by atoms with van der Waals surface area (Å²) in [6.45, 7) is 0. The molecule has 0 saturated carbocycles. The second-order valence-electron chi connectivity index (χ2n) is 5.00. The first-order chi connectivity index (χ1) is 11.3. The second kappa shape index (κ2) is 5.99. The molecule has 0 radical (unpaired) electrons. The summed E-state index contributed by atoms with van der Waals surface area (Å²) in [4.78, 5) is 10.4. The monoisotopic (exact) mass is 337 g/mol. The Kier molecular flexibility index (Phi) is 3.69. The largest absolute Gasteiger partial charge is 0.338 e. The maximum Gasteiger partial charge on any atom is 0.172 e. The van der Waals surface area contributed by atoms with Gasteiger partial charge in [0.15, 0.2) is 5.82 Å². The average molecular weight is 338 g/mol. The van der Waals surface area contributed by atoms with Crippen LogP contribution in [-0.2, 0) is 0 Å². The number of fused-ring (bicyclic) bond motifs is 1. The number of aromatic nitrogens is 2. The summed E-state index contributed by atoms with van der Waals surface area (Å²) in [5.74, 6) is 1.47. The molecule has 0 bridgehead atoms. The molecule has 0 aliphatic carbocycles. The van der Waals surface area contributed by atoms with E-state index < -0.39 is 0 Å². The van der Waals surface area contributed by atoms with E-state index in [2.05, 4.69) is 10.3 Å². The minimum absolute atomic E-state index is 0.660. The van der Waals surface area contributed by atoms with Crippen LogP contribution in [0.4, 0.5) is 11.5 Å². The predicted octanol–water partition coefficient (Wildman–Crippen LogP) is 5.76. The van der Waals surface area contributed by atoms with Gasteiger partial charge in [0.2, 0.25) is 0 Å². The van der Waals surface area contributed by atoms with E-state index in [1.165, 1.54) is 0 Å². The van der Waals surface area contributed by atoms with Gasteiger partial charge in [0, 0.05) is 5.39 Å². The molecule has 2 aromatic carbocycles. The number of halogens is 1. The third-order valence-corrected chi connectivity index (χ3v) is 4.67. The number of nitrogens with zero attached hydrogens (tertiary/aromatic N) is 2. The zero-order chi connectivity index (χ0) is 15.6. The summed E-state index contributed by atoms with van der Waals surface area (Å²) in [5.41, 5.74) is 1.73. The molecular weight excluding hydrogens is 326 g/mol. The fourth-order valence-electron chi connectivity index (χ4n) is 2.38. The highest BCUT2D eigenvalue weighted by Gasteiger charge is 2.11. The topological polar surface area (TPSA) is 37.8 Å². The van der Waals surface area contributed by atoms with Crippen LogP contribution in [0.15, 0.2) is 66.0 Å². The molecule has 5 heteroatoms. The molecule has 0 spiro atoms. The minimum Gasteiger partial charge on any atom is -0.338 e. The van der Waals surface area contributed by atoms with Gasteiger partial charge in [-0.25, -0.2) is 9.97 Å². The van der Waals surface area contributed by atoms with Crippen LogP contribution in [0.1, 0.15) is 0 Å². The molecule has 0 aliphatic rings. The first kappa shape index (κ1) is 14.2. The quantitative estimate of drug-likeness (QED) is 0.516. The van der Waals surface area contributed by atoms with Gasteiger partial charge in [-0.2, -0.15) is 0 Å². The number of thiophene rings is 1. The zero-order valence-corrected chi connectivity index (χ0v) is 13.6. The van der Waals surface area contributed by atoms with Crippen LogP contribution in [0.25, 0.3) is 21.6 Å². The van der Waals surface area contributed by atoms with Crippen molar-refractivity contribution in [3.8, 4) is 10.7 Å². The van der Waals surface area contributed by atoms with Gasteiger partial charge in [0.25, 0.3) is 0 Å². The Labute approximate surface area is 142 Å². The first-order valence-electron chi connectivity index (χ1n) is 7.13. The summed E-state index contributed by atoms with van der Waals surface area (Å²) in [6.07, 6.45) is 0. The standard InChI is InChI=1S/C18H12ClN3S/c19-13-7-2-4-9-15(13)21-17-12-6-1-3-8-14(12)20-18(22-17)16-10-5-11-23-16/h1-11H,(H,20,21,22). The Hall–Kier alpha value is -2.43. The van der Waals surface area contributed by atoms with E-state index in [-0.39, 0.29) is 0 Å². The highest BCUT2D eigenvalue weighted by Crippen LogP contribution is 2.31. The smallest absolute Gasteiger partial charge is 0.172 e. The van der Waals surface area contributed by atoms with Crippen LogP contribution < -0.4 is 5.32 Å². The van der Waals surface area contributed by atoms with Crippen molar-refractivity contribution in [2.75, 3.05) is 5.32 Å². The lowest BCUT2D eigenvalue weighted by molar-refractivity contribution is 1.23. The van der Waals surface area contributed by atoms with Crippen molar-refractivity contribution in [3.05, 3.63) is 71.1 Å². The minimum atomic E-state index is 0.660. The lowest BCUT2D eigenvalue weighted by Crippen LogP contribution is -1.99. The van der Waals surface area contributed by atoms with Crippen molar-refractivity contribution in [2.45, 2.75) is 0 Å². The Morgan fingerprint density at radius 1 is 0.870 bits per heavy atom. The molecule has 0 fully saturated rings. The van der Waals surface area contributed by atoms with E-state index in [0.29, 0.717) is 10.8 Å². The molecule has 1 N–H and O–H groups in total. The van der Waals surface area contributed by atoms with Crippen molar-refractivity contribution >= 4 is 45.3 Å². The normalized spacial score (nSPS) is 10.8. The van der Waals surface area contributed by atoms with Crippen LogP contribution in [-0.4, -0.2) is 9.97 Å². The molecule has 4 rings (SSSR count). The Bertz CT molecular complexity index is 967. The van der Waals surface area contributed by atoms with Gasteiger partial charge in [-0.05, 0) is 35.7 Å². The molecule has 2 aromatic heterocycles. The van der Waals surface area contributed by atoms with Crippen LogP contribution in [0.2, 0.25) is 5.02 Å². The van der Waals surface area contributed by atoms with Gasteiger partial charge in [-0.3, -0.25) is 0 Å². The van der Waals surface area contributed by atoms with E-state index in [0.717, 1.165) is 27.3 Å². The Balaban J connectivity index is 1.89. The van der Waals surface area contributed by atoms with Gasteiger partial charge < -0.3 is 5.32 Å². The van der Waals surface area contributed by atoms with Crippen molar-refractivity contribution in [1.82, 2.24) is 9.97 Å². The summed E-state index contributed by atoms with van der Waals surface area (Å²) in [7, 11) is 0. The first-order valence-corrected chi connectivity index (χ1v) is 8.39. The molecule has 112 valence electrons. The molecule has 4 aromatic rings. The molecule has 0 aliphatic heterocycles. The summed E-state index contributed by atoms with van der Waals surface area (Å²) >= 11 is 7.88. The number of benzene rings is 2. The van der Waals surface area contributed by atoms with E-state index in [9.17, 15) is 0 Å². The molecule has 3 nitrogen and oxygen atoms in total. The Morgan fingerprint density at radius 3 is 2.52 bits per heavy atom. The molecule has 23 heavy (non-hydrogen) atoms. The van der Waals surface area contributed by atoms with Crippen molar-refractivity contribution < 1.29 is 0 Å². The van der Waals surface area contributed by atoms with Crippen LogP contribution in [0.3, 0.4) is 0 Å². The molecule has 0 amide bonds. The maximum atomic E-state index is 6.26. The number of hydrogen-bond donors (Lipinski definition) is 1. The number of hydrogen-bond acceptors (Lipinski definition) is 4. The number of anilines is 2.